The van der Waals surface area contributed by atoms with Crippen LogP contribution in [0, 0.1) is 0 Å². The van der Waals surface area contributed by atoms with Crippen LogP contribution in [-0.4, -0.2) is 40.3 Å². The molecule has 0 radical (unpaired) electrons. The molecule has 14 heavy (non-hydrogen) atoms. The van der Waals surface area contributed by atoms with Crippen molar-refractivity contribution >= 4 is 27.6 Å². The largest absolute Gasteiger partial charge is 0.289 e. The lowest BCUT2D eigenvalue weighted by Crippen LogP contribution is -2.27. The van der Waals surface area contributed by atoms with Crippen LogP contribution in [0.5, 0.6) is 0 Å². The molecular weight excluding hydrogens is 212 g/mol. The van der Waals surface area contributed by atoms with Crippen molar-refractivity contribution in [2.45, 2.75) is 27.7 Å². The van der Waals surface area contributed by atoms with Gasteiger partial charge in [0.2, 0.25) is 5.78 Å². The monoisotopic (exact) mass is 236 g/mol. The highest BCUT2D eigenvalue weighted by molar-refractivity contribution is 7.98. The molecule has 0 aliphatic rings. The van der Waals surface area contributed by atoms with Gasteiger partial charge >= 0.3 is 0 Å². The average Bonchev–Trinajstić information content (AvgIpc) is 2.22. The number of hydrogen-bond acceptors (Lipinski definition) is 1. The number of carbonyl (C=O) groups is 1. The van der Waals surface area contributed by atoms with Crippen molar-refractivity contribution in [2.24, 2.45) is 0 Å². The summed E-state index contributed by atoms with van der Waals surface area (Å²) in [6.07, 6.45) is 0. The Balaban J connectivity index is 3.83. The van der Waals surface area contributed by atoms with Gasteiger partial charge in [0, 0.05) is 0 Å². The molecule has 84 valence electrons. The SMILES string of the molecule is CC[S+](CC)CC(=O)C[S+](CC)CC. The van der Waals surface area contributed by atoms with Gasteiger partial charge in [0.25, 0.3) is 0 Å². The molecule has 0 saturated carbocycles. The van der Waals surface area contributed by atoms with E-state index in [9.17, 15) is 4.79 Å². The molecule has 0 saturated heterocycles. The van der Waals surface area contributed by atoms with E-state index in [1.807, 2.05) is 0 Å². The third-order valence-electron chi connectivity index (χ3n) is 2.36. The quantitative estimate of drug-likeness (QED) is 0.588. The van der Waals surface area contributed by atoms with Gasteiger partial charge in [-0.1, -0.05) is 0 Å². The number of carbonyl (C=O) groups excluding carboxylic acids is 1. The van der Waals surface area contributed by atoms with E-state index in [1.54, 1.807) is 0 Å². The van der Waals surface area contributed by atoms with Crippen molar-refractivity contribution in [2.75, 3.05) is 34.5 Å². The smallest absolute Gasteiger partial charge is 0.230 e. The maximum absolute atomic E-state index is 11.7. The van der Waals surface area contributed by atoms with Crippen molar-refractivity contribution in [3.8, 4) is 0 Å². The zero-order valence-electron chi connectivity index (χ0n) is 9.97. The van der Waals surface area contributed by atoms with Crippen LogP contribution in [0.1, 0.15) is 27.7 Å². The average molecular weight is 236 g/mol. The molecule has 0 atom stereocenters. The first-order chi connectivity index (χ1) is 6.67. The van der Waals surface area contributed by atoms with E-state index in [1.165, 1.54) is 23.0 Å². The van der Waals surface area contributed by atoms with E-state index >= 15 is 0 Å². The summed E-state index contributed by atoms with van der Waals surface area (Å²) in [7, 11) is 0.732. The molecular formula is C11H24OS2+2. The van der Waals surface area contributed by atoms with Gasteiger partial charge in [-0.25, -0.2) is 0 Å². The lowest BCUT2D eigenvalue weighted by Gasteiger charge is -2.04. The number of ketones is 1. The minimum Gasteiger partial charge on any atom is -0.289 e. The van der Waals surface area contributed by atoms with E-state index in [0.29, 0.717) is 27.6 Å². The maximum atomic E-state index is 11.7. The fraction of sp³-hybridized carbons (Fsp3) is 0.909. The topological polar surface area (TPSA) is 17.1 Å². The minimum absolute atomic E-state index is 0.366. The molecule has 0 spiro atoms. The van der Waals surface area contributed by atoms with Gasteiger partial charge in [0.15, 0.2) is 11.5 Å². The summed E-state index contributed by atoms with van der Waals surface area (Å²) in [5.74, 6) is 6.89. The van der Waals surface area contributed by atoms with Crippen molar-refractivity contribution < 1.29 is 4.79 Å². The van der Waals surface area contributed by atoms with Gasteiger partial charge < -0.3 is 0 Å². The summed E-state index contributed by atoms with van der Waals surface area (Å²) in [6, 6.07) is 0. The molecule has 0 aromatic heterocycles. The normalized spacial score (nSPS) is 11.3. The first kappa shape index (κ1) is 14.4. The van der Waals surface area contributed by atoms with Gasteiger partial charge in [0.1, 0.15) is 23.0 Å². The van der Waals surface area contributed by atoms with Crippen LogP contribution < -0.4 is 0 Å². The Morgan fingerprint density at radius 3 is 1.29 bits per heavy atom. The standard InChI is InChI=1S/C11H24OS2/c1-5-13(6-2)9-11(12)10-14(7-3)8-4/h5-10H2,1-4H3/q+2. The second kappa shape index (κ2) is 8.66. The summed E-state index contributed by atoms with van der Waals surface area (Å²) < 4.78 is 0. The number of hydrogen-bond donors (Lipinski definition) is 0. The van der Waals surface area contributed by atoms with Gasteiger partial charge in [0.05, 0.1) is 0 Å². The highest BCUT2D eigenvalue weighted by Gasteiger charge is 2.24. The maximum Gasteiger partial charge on any atom is 0.230 e. The molecule has 0 fully saturated rings. The van der Waals surface area contributed by atoms with Gasteiger partial charge in [-0.15, -0.1) is 0 Å². The highest BCUT2D eigenvalue weighted by atomic mass is 32.2. The fourth-order valence-corrected chi connectivity index (χ4v) is 4.19. The third-order valence-corrected chi connectivity index (χ3v) is 7.09. The van der Waals surface area contributed by atoms with Gasteiger partial charge in [-0.05, 0) is 49.5 Å². The molecule has 0 aromatic rings. The minimum atomic E-state index is 0.366. The Bertz CT molecular complexity index is 135. The van der Waals surface area contributed by atoms with Crippen LogP contribution in [0.3, 0.4) is 0 Å². The third kappa shape index (κ3) is 5.97. The highest BCUT2D eigenvalue weighted by Crippen LogP contribution is 2.01. The second-order valence-electron chi connectivity index (χ2n) is 3.21. The van der Waals surface area contributed by atoms with Crippen LogP contribution in [-0.2, 0) is 26.6 Å². The zero-order chi connectivity index (χ0) is 11.0. The van der Waals surface area contributed by atoms with Crippen LogP contribution >= 0.6 is 0 Å². The van der Waals surface area contributed by atoms with Crippen molar-refractivity contribution in [1.29, 1.82) is 0 Å². The lowest BCUT2D eigenvalue weighted by molar-refractivity contribution is -0.114. The molecule has 0 rings (SSSR count). The van der Waals surface area contributed by atoms with Crippen LogP contribution in [0.4, 0.5) is 0 Å². The van der Waals surface area contributed by atoms with E-state index in [0.717, 1.165) is 11.5 Å². The molecule has 0 N–H and O–H groups in total. The molecule has 0 amide bonds. The summed E-state index contributed by atoms with van der Waals surface area (Å²) in [5, 5.41) is 0. The van der Waals surface area contributed by atoms with Gasteiger partial charge in [-0.2, -0.15) is 0 Å². The van der Waals surface area contributed by atoms with E-state index in [-0.39, 0.29) is 0 Å². The summed E-state index contributed by atoms with van der Waals surface area (Å²) >= 11 is 0. The predicted molar refractivity (Wildman–Crippen MR) is 71.6 cm³/mol. The Hall–Kier alpha value is 0.370. The Morgan fingerprint density at radius 2 is 1.07 bits per heavy atom. The summed E-state index contributed by atoms with van der Waals surface area (Å²) in [5.41, 5.74) is 0. The molecule has 1 nitrogen and oxygen atoms in total. The number of rotatable bonds is 8. The molecule has 0 heterocycles. The molecule has 0 aromatic carbocycles. The molecule has 0 unspecified atom stereocenters. The van der Waals surface area contributed by atoms with E-state index < -0.39 is 0 Å². The van der Waals surface area contributed by atoms with Crippen molar-refractivity contribution in [3.63, 3.8) is 0 Å². The Kier molecular flexibility index (Phi) is 8.89. The first-order valence-electron chi connectivity index (χ1n) is 5.47. The van der Waals surface area contributed by atoms with Gasteiger partial charge in [-0.3, -0.25) is 4.79 Å². The predicted octanol–water partition coefficient (Wildman–Crippen LogP) is 1.87. The summed E-state index contributed by atoms with van der Waals surface area (Å²) in [4.78, 5) is 11.7. The van der Waals surface area contributed by atoms with Crippen molar-refractivity contribution in [3.05, 3.63) is 0 Å². The molecule has 0 aliphatic carbocycles. The first-order valence-corrected chi connectivity index (χ1v) is 8.94. The van der Waals surface area contributed by atoms with Crippen LogP contribution in [0.2, 0.25) is 0 Å². The second-order valence-corrected chi connectivity index (χ2v) is 8.54. The van der Waals surface area contributed by atoms with Crippen molar-refractivity contribution in [1.82, 2.24) is 0 Å². The molecule has 0 aliphatic heterocycles. The zero-order valence-corrected chi connectivity index (χ0v) is 11.6. The van der Waals surface area contributed by atoms with E-state index in [2.05, 4.69) is 27.7 Å². The van der Waals surface area contributed by atoms with E-state index in [4.69, 9.17) is 0 Å². The molecule has 3 heteroatoms. The Morgan fingerprint density at radius 1 is 0.786 bits per heavy atom. The fourth-order valence-electron chi connectivity index (χ4n) is 1.31. The molecule has 0 bridgehead atoms. The Labute approximate surface area is 94.7 Å². The van der Waals surface area contributed by atoms with Crippen LogP contribution in [0.15, 0.2) is 0 Å². The lowest BCUT2D eigenvalue weighted by atomic mass is 10.5. The summed E-state index contributed by atoms with van der Waals surface area (Å²) in [6.45, 7) is 8.78. The number of Topliss-reactive ketones (excluding diaryl/α,β-unsaturated/α-hetero) is 1. The van der Waals surface area contributed by atoms with Crippen LogP contribution in [0.25, 0.3) is 0 Å².